The maximum absolute atomic E-state index is 3.93. The van der Waals surface area contributed by atoms with Crippen molar-refractivity contribution in [3.63, 3.8) is 0 Å². The number of benzene rings is 3. The molecule has 0 aliphatic heterocycles. The zero-order chi connectivity index (χ0) is 25.2. The van der Waals surface area contributed by atoms with Gasteiger partial charge in [-0.25, -0.2) is 0 Å². The molecule has 0 amide bonds. The van der Waals surface area contributed by atoms with Gasteiger partial charge in [-0.2, -0.15) is 0 Å². The van der Waals surface area contributed by atoms with Crippen molar-refractivity contribution in [1.29, 1.82) is 0 Å². The Labute approximate surface area is 223 Å². The van der Waals surface area contributed by atoms with E-state index in [1.807, 2.05) is 0 Å². The van der Waals surface area contributed by atoms with Crippen molar-refractivity contribution in [1.82, 2.24) is 0 Å². The molecule has 8 rings (SSSR count). The standard InChI is InChI=1S/C36H41N/c1-34(2)15-16-35(3,4)33-27(11-8-13-29(33)34)22-9-7-10-26(19-22)37-30-14-6-5-12-28(30)36-20-24-17-23-18-25(21-36)32(36)31(23)24/h5-14,19,23-25,31-32,37H,15-18,20-21H2,1-4H3/t23?,24-,25+,31-,32?,36?/m1/s1. The Morgan fingerprint density at radius 2 is 1.43 bits per heavy atom. The fourth-order valence-electron chi connectivity index (χ4n) is 10.3. The van der Waals surface area contributed by atoms with Crippen LogP contribution in [0.2, 0.25) is 0 Å². The van der Waals surface area contributed by atoms with Gasteiger partial charge in [-0.15, -0.1) is 0 Å². The molecule has 0 radical (unpaired) electrons. The van der Waals surface area contributed by atoms with Gasteiger partial charge in [0.1, 0.15) is 0 Å². The van der Waals surface area contributed by atoms with Crippen LogP contribution in [0.15, 0.2) is 66.7 Å². The number of hydrogen-bond acceptors (Lipinski definition) is 1. The quantitative estimate of drug-likeness (QED) is 0.386. The van der Waals surface area contributed by atoms with Gasteiger partial charge in [-0.05, 0) is 125 Å². The van der Waals surface area contributed by atoms with Crippen LogP contribution in [0.5, 0.6) is 0 Å². The van der Waals surface area contributed by atoms with Crippen molar-refractivity contribution in [2.24, 2.45) is 29.6 Å². The second kappa shape index (κ2) is 7.31. The van der Waals surface area contributed by atoms with Gasteiger partial charge in [0.15, 0.2) is 0 Å². The molecule has 4 saturated carbocycles. The molecule has 1 N–H and O–H groups in total. The van der Waals surface area contributed by atoms with Gasteiger partial charge in [-0.1, -0.05) is 76.2 Å². The summed E-state index contributed by atoms with van der Waals surface area (Å²) in [5.74, 6) is 5.10. The molecule has 37 heavy (non-hydrogen) atoms. The Morgan fingerprint density at radius 1 is 0.703 bits per heavy atom. The van der Waals surface area contributed by atoms with Crippen LogP contribution in [0, 0.1) is 29.6 Å². The average Bonchev–Trinajstić information content (AvgIpc) is 3.21. The van der Waals surface area contributed by atoms with Crippen LogP contribution in [0.25, 0.3) is 11.1 Å². The van der Waals surface area contributed by atoms with Crippen molar-refractivity contribution in [2.45, 2.75) is 82.5 Å². The summed E-state index contributed by atoms with van der Waals surface area (Å²) in [5.41, 5.74) is 10.9. The van der Waals surface area contributed by atoms with E-state index in [4.69, 9.17) is 0 Å². The number of fused-ring (bicyclic) bond motifs is 1. The highest BCUT2D eigenvalue weighted by molar-refractivity contribution is 5.76. The molecule has 5 aliphatic carbocycles. The fourth-order valence-corrected chi connectivity index (χ4v) is 10.3. The maximum Gasteiger partial charge on any atom is 0.0422 e. The number of nitrogens with one attached hydrogen (secondary N) is 1. The van der Waals surface area contributed by atoms with E-state index in [1.165, 1.54) is 66.6 Å². The molecule has 0 bridgehead atoms. The van der Waals surface area contributed by atoms with Gasteiger partial charge in [0.05, 0.1) is 0 Å². The molecular formula is C36H41N. The first-order valence-electron chi connectivity index (χ1n) is 14.9. The Morgan fingerprint density at radius 3 is 2.32 bits per heavy atom. The number of para-hydroxylation sites is 1. The summed E-state index contributed by atoms with van der Waals surface area (Å²) >= 11 is 0. The molecule has 0 aromatic heterocycles. The van der Waals surface area contributed by atoms with E-state index in [9.17, 15) is 0 Å². The third kappa shape index (κ3) is 2.98. The molecule has 3 aromatic rings. The second-order valence-corrected chi connectivity index (χ2v) is 14.7. The van der Waals surface area contributed by atoms with E-state index >= 15 is 0 Å². The first kappa shape index (κ1) is 22.4. The summed E-state index contributed by atoms with van der Waals surface area (Å²) in [6, 6.07) is 25.5. The predicted octanol–water partition coefficient (Wildman–Crippen LogP) is 9.38. The summed E-state index contributed by atoms with van der Waals surface area (Å²) in [5, 5.41) is 3.93. The third-order valence-corrected chi connectivity index (χ3v) is 11.9. The molecular weight excluding hydrogens is 446 g/mol. The van der Waals surface area contributed by atoms with Gasteiger partial charge < -0.3 is 5.32 Å². The van der Waals surface area contributed by atoms with Crippen LogP contribution < -0.4 is 5.32 Å². The SMILES string of the molecule is CC1(C)CCC(C)(C)c2c(-c3cccc(Nc4ccccc4C45C[C@@H]6CC7C[C@H](C4)[C@@H]7C65)c3)cccc21. The largest absolute Gasteiger partial charge is 0.355 e. The van der Waals surface area contributed by atoms with E-state index in [-0.39, 0.29) is 10.8 Å². The van der Waals surface area contributed by atoms with Gasteiger partial charge in [0, 0.05) is 16.8 Å². The monoisotopic (exact) mass is 487 g/mol. The molecule has 3 aromatic carbocycles. The topological polar surface area (TPSA) is 12.0 Å². The zero-order valence-corrected chi connectivity index (χ0v) is 23.0. The van der Waals surface area contributed by atoms with E-state index in [1.54, 1.807) is 11.1 Å². The zero-order valence-electron chi connectivity index (χ0n) is 23.0. The molecule has 190 valence electrons. The summed E-state index contributed by atoms with van der Waals surface area (Å²) < 4.78 is 0. The van der Waals surface area contributed by atoms with Crippen molar-refractivity contribution >= 4 is 11.4 Å². The third-order valence-electron chi connectivity index (χ3n) is 11.9. The molecule has 1 heteroatoms. The first-order valence-corrected chi connectivity index (χ1v) is 14.9. The minimum absolute atomic E-state index is 0.193. The lowest BCUT2D eigenvalue weighted by Crippen LogP contribution is -2.47. The summed E-state index contributed by atoms with van der Waals surface area (Å²) in [7, 11) is 0. The minimum atomic E-state index is 0.193. The molecule has 5 aliphatic rings. The van der Waals surface area contributed by atoms with Crippen LogP contribution >= 0.6 is 0 Å². The Bertz CT molecular complexity index is 1410. The van der Waals surface area contributed by atoms with Gasteiger partial charge in [-0.3, -0.25) is 0 Å². The molecule has 0 heterocycles. The summed E-state index contributed by atoms with van der Waals surface area (Å²) in [6.07, 6.45) is 8.41. The normalized spacial score (nSPS) is 35.2. The average molecular weight is 488 g/mol. The highest BCUT2D eigenvalue weighted by Gasteiger charge is 2.73. The lowest BCUT2D eigenvalue weighted by atomic mass is 9.53. The molecule has 0 spiro atoms. The fraction of sp³-hybridized carbons (Fsp3) is 0.500. The van der Waals surface area contributed by atoms with Crippen LogP contribution in [0.1, 0.15) is 82.9 Å². The van der Waals surface area contributed by atoms with Gasteiger partial charge in [0.2, 0.25) is 0 Å². The van der Waals surface area contributed by atoms with Gasteiger partial charge in [0.25, 0.3) is 0 Å². The number of hydrogen-bond donors (Lipinski definition) is 1. The highest BCUT2D eigenvalue weighted by Crippen LogP contribution is 2.78. The minimum Gasteiger partial charge on any atom is -0.355 e. The van der Waals surface area contributed by atoms with E-state index in [0.717, 1.165) is 29.6 Å². The Hall–Kier alpha value is -2.54. The molecule has 1 nitrogen and oxygen atoms in total. The van der Waals surface area contributed by atoms with Crippen LogP contribution in [0.3, 0.4) is 0 Å². The van der Waals surface area contributed by atoms with Crippen LogP contribution in [-0.4, -0.2) is 0 Å². The predicted molar refractivity (Wildman–Crippen MR) is 154 cm³/mol. The van der Waals surface area contributed by atoms with E-state index in [2.05, 4.69) is 99.7 Å². The van der Waals surface area contributed by atoms with Crippen molar-refractivity contribution < 1.29 is 0 Å². The van der Waals surface area contributed by atoms with Crippen molar-refractivity contribution in [2.75, 3.05) is 5.32 Å². The van der Waals surface area contributed by atoms with Crippen molar-refractivity contribution in [3.05, 3.63) is 83.4 Å². The second-order valence-electron chi connectivity index (χ2n) is 14.7. The lowest BCUT2D eigenvalue weighted by Gasteiger charge is -2.51. The number of rotatable bonds is 4. The van der Waals surface area contributed by atoms with Crippen LogP contribution in [0.4, 0.5) is 11.4 Å². The van der Waals surface area contributed by atoms with E-state index in [0.29, 0.717) is 5.41 Å². The Kier molecular flexibility index (Phi) is 4.43. The first-order chi connectivity index (χ1) is 17.8. The molecule has 4 fully saturated rings. The molecule has 0 saturated heterocycles. The van der Waals surface area contributed by atoms with Crippen molar-refractivity contribution in [3.8, 4) is 11.1 Å². The Balaban J connectivity index is 1.17. The summed E-state index contributed by atoms with van der Waals surface area (Å²) in [6.45, 7) is 9.73. The number of anilines is 2. The molecule has 6 atom stereocenters. The lowest BCUT2D eigenvalue weighted by molar-refractivity contribution is 0.0689. The van der Waals surface area contributed by atoms with E-state index < -0.39 is 0 Å². The van der Waals surface area contributed by atoms with Crippen LogP contribution in [-0.2, 0) is 16.2 Å². The highest BCUT2D eigenvalue weighted by atomic mass is 14.9. The van der Waals surface area contributed by atoms with Gasteiger partial charge >= 0.3 is 0 Å². The smallest absolute Gasteiger partial charge is 0.0422 e. The maximum atomic E-state index is 3.93. The summed E-state index contributed by atoms with van der Waals surface area (Å²) in [4.78, 5) is 0. The molecule has 3 unspecified atom stereocenters.